The van der Waals surface area contributed by atoms with Gasteiger partial charge in [-0.05, 0) is 31.5 Å². The predicted octanol–water partition coefficient (Wildman–Crippen LogP) is 2.51. The summed E-state index contributed by atoms with van der Waals surface area (Å²) in [6.45, 7) is 5.30. The lowest BCUT2D eigenvalue weighted by molar-refractivity contribution is 0.271. The minimum absolute atomic E-state index is 0.0306. The number of methoxy groups -OCH3 is 1. The summed E-state index contributed by atoms with van der Waals surface area (Å²) in [6, 6.07) is 5.72. The summed E-state index contributed by atoms with van der Waals surface area (Å²) in [5.41, 5.74) is 6.88. The van der Waals surface area contributed by atoms with Crippen LogP contribution in [0.1, 0.15) is 31.3 Å². The number of nitrogens with two attached hydrogens (primary N) is 1. The first kappa shape index (κ1) is 14.4. The van der Waals surface area contributed by atoms with E-state index in [9.17, 15) is 0 Å². The number of hydrogen-bond donors (Lipinski definition) is 1. The van der Waals surface area contributed by atoms with Gasteiger partial charge >= 0.3 is 0 Å². The first-order valence-electron chi connectivity index (χ1n) is 6.72. The van der Waals surface area contributed by atoms with Gasteiger partial charge in [-0.2, -0.15) is 0 Å². The van der Waals surface area contributed by atoms with Crippen molar-refractivity contribution in [1.29, 1.82) is 0 Å². The molecule has 0 amide bonds. The van der Waals surface area contributed by atoms with Crippen LogP contribution in [0, 0.1) is 0 Å². The maximum absolute atomic E-state index is 5.87. The second-order valence-corrected chi connectivity index (χ2v) is 4.62. The van der Waals surface area contributed by atoms with Gasteiger partial charge in [-0.25, -0.2) is 4.98 Å². The van der Waals surface area contributed by atoms with E-state index in [1.165, 1.54) is 0 Å². The molecule has 1 aromatic carbocycles. The first-order chi connectivity index (χ1) is 9.65. The number of hydrogen-bond acceptors (Lipinski definition) is 4. The Balaban J connectivity index is 2.13. The fourth-order valence-corrected chi connectivity index (χ4v) is 2.00. The normalized spacial score (nSPS) is 12.2. The maximum atomic E-state index is 5.87. The van der Waals surface area contributed by atoms with E-state index in [4.69, 9.17) is 15.2 Å². The van der Waals surface area contributed by atoms with Crippen LogP contribution in [0.25, 0.3) is 0 Å². The second kappa shape index (κ2) is 6.43. The monoisotopic (exact) mass is 275 g/mol. The molecule has 0 aliphatic rings. The largest absolute Gasteiger partial charge is 0.493 e. The van der Waals surface area contributed by atoms with Crippen molar-refractivity contribution in [1.82, 2.24) is 9.55 Å². The smallest absolute Gasteiger partial charge is 0.161 e. The zero-order chi connectivity index (χ0) is 14.5. The van der Waals surface area contributed by atoms with Crippen LogP contribution in [0.2, 0.25) is 0 Å². The van der Waals surface area contributed by atoms with Gasteiger partial charge in [-0.15, -0.1) is 0 Å². The van der Waals surface area contributed by atoms with Gasteiger partial charge in [0, 0.05) is 25.0 Å². The van der Waals surface area contributed by atoms with Gasteiger partial charge in [0.2, 0.25) is 0 Å². The van der Waals surface area contributed by atoms with Crippen LogP contribution in [0.15, 0.2) is 30.6 Å². The van der Waals surface area contributed by atoms with Crippen molar-refractivity contribution in [2.75, 3.05) is 7.11 Å². The van der Waals surface area contributed by atoms with Gasteiger partial charge in [0.05, 0.1) is 7.11 Å². The van der Waals surface area contributed by atoms with Crippen molar-refractivity contribution in [3.05, 3.63) is 42.0 Å². The van der Waals surface area contributed by atoms with E-state index in [-0.39, 0.29) is 6.04 Å². The summed E-state index contributed by atoms with van der Waals surface area (Å²) in [5, 5.41) is 0. The van der Waals surface area contributed by atoms with Crippen LogP contribution in [0.4, 0.5) is 0 Å². The van der Waals surface area contributed by atoms with Crippen LogP contribution < -0.4 is 15.2 Å². The number of imidazole rings is 1. The van der Waals surface area contributed by atoms with E-state index in [1.807, 2.05) is 35.9 Å². The van der Waals surface area contributed by atoms with Gasteiger partial charge in [0.25, 0.3) is 0 Å². The third-order valence-electron chi connectivity index (χ3n) is 3.21. The van der Waals surface area contributed by atoms with Gasteiger partial charge in [0.1, 0.15) is 12.4 Å². The molecule has 1 heterocycles. The molecule has 0 spiro atoms. The SMILES string of the molecule is CCn1ccnc1COc1ccc(C(C)N)cc1OC. The van der Waals surface area contributed by atoms with E-state index in [2.05, 4.69) is 11.9 Å². The van der Waals surface area contributed by atoms with Gasteiger partial charge in [0.15, 0.2) is 11.5 Å². The molecule has 0 aliphatic carbocycles. The predicted molar refractivity (Wildman–Crippen MR) is 77.8 cm³/mol. The average molecular weight is 275 g/mol. The fraction of sp³-hybridized carbons (Fsp3) is 0.400. The van der Waals surface area contributed by atoms with Crippen molar-refractivity contribution >= 4 is 0 Å². The van der Waals surface area contributed by atoms with Crippen molar-refractivity contribution in [2.45, 2.75) is 33.0 Å². The highest BCUT2D eigenvalue weighted by molar-refractivity contribution is 5.43. The maximum Gasteiger partial charge on any atom is 0.161 e. The minimum Gasteiger partial charge on any atom is -0.493 e. The minimum atomic E-state index is -0.0306. The molecule has 0 bridgehead atoms. The topological polar surface area (TPSA) is 62.3 Å². The molecule has 5 nitrogen and oxygen atoms in total. The number of benzene rings is 1. The Morgan fingerprint density at radius 2 is 2.15 bits per heavy atom. The molecule has 1 unspecified atom stereocenters. The van der Waals surface area contributed by atoms with Gasteiger partial charge in [-0.3, -0.25) is 0 Å². The quantitative estimate of drug-likeness (QED) is 0.880. The Labute approximate surface area is 119 Å². The van der Waals surface area contributed by atoms with Crippen molar-refractivity contribution in [2.24, 2.45) is 5.73 Å². The van der Waals surface area contributed by atoms with Crippen LogP contribution in [-0.4, -0.2) is 16.7 Å². The molecule has 20 heavy (non-hydrogen) atoms. The Hall–Kier alpha value is -2.01. The highest BCUT2D eigenvalue weighted by Gasteiger charge is 2.09. The Kier molecular flexibility index (Phi) is 4.63. The van der Waals surface area contributed by atoms with E-state index in [0.717, 1.165) is 17.9 Å². The third kappa shape index (κ3) is 3.11. The Morgan fingerprint density at radius 3 is 2.80 bits per heavy atom. The van der Waals surface area contributed by atoms with Crippen LogP contribution in [0.3, 0.4) is 0 Å². The van der Waals surface area contributed by atoms with E-state index in [1.54, 1.807) is 13.3 Å². The molecule has 0 aliphatic heterocycles. The molecule has 108 valence electrons. The summed E-state index contributed by atoms with van der Waals surface area (Å²) >= 11 is 0. The standard InChI is InChI=1S/C15H21N3O2/c1-4-18-8-7-17-15(18)10-20-13-6-5-12(11(2)16)9-14(13)19-3/h5-9,11H,4,10,16H2,1-3H3. The summed E-state index contributed by atoms with van der Waals surface area (Å²) in [5.74, 6) is 2.28. The van der Waals surface area contributed by atoms with E-state index >= 15 is 0 Å². The van der Waals surface area contributed by atoms with Crippen molar-refractivity contribution < 1.29 is 9.47 Å². The summed E-state index contributed by atoms with van der Waals surface area (Å²) in [7, 11) is 1.63. The van der Waals surface area contributed by atoms with E-state index < -0.39 is 0 Å². The molecule has 1 atom stereocenters. The molecule has 0 saturated heterocycles. The second-order valence-electron chi connectivity index (χ2n) is 4.62. The number of ether oxygens (including phenoxy) is 2. The Morgan fingerprint density at radius 1 is 1.35 bits per heavy atom. The highest BCUT2D eigenvalue weighted by Crippen LogP contribution is 2.30. The van der Waals surface area contributed by atoms with Crippen molar-refractivity contribution in [3.8, 4) is 11.5 Å². The summed E-state index contributed by atoms with van der Waals surface area (Å²) in [6.07, 6.45) is 3.72. The number of aryl methyl sites for hydroxylation is 1. The zero-order valence-electron chi connectivity index (χ0n) is 12.2. The highest BCUT2D eigenvalue weighted by atomic mass is 16.5. The number of nitrogens with zero attached hydrogens (tertiary/aromatic N) is 2. The third-order valence-corrected chi connectivity index (χ3v) is 3.21. The average Bonchev–Trinajstić information content (AvgIpc) is 2.92. The van der Waals surface area contributed by atoms with Crippen molar-refractivity contribution in [3.63, 3.8) is 0 Å². The molecule has 2 aromatic rings. The number of aromatic nitrogens is 2. The molecule has 0 radical (unpaired) electrons. The first-order valence-corrected chi connectivity index (χ1v) is 6.72. The fourth-order valence-electron chi connectivity index (χ4n) is 2.00. The van der Waals surface area contributed by atoms with Crippen LogP contribution >= 0.6 is 0 Å². The molecule has 0 fully saturated rings. The lowest BCUT2D eigenvalue weighted by Crippen LogP contribution is -2.07. The zero-order valence-corrected chi connectivity index (χ0v) is 12.2. The Bertz CT molecular complexity index is 564. The van der Waals surface area contributed by atoms with Gasteiger partial charge < -0.3 is 19.8 Å². The van der Waals surface area contributed by atoms with Gasteiger partial charge in [-0.1, -0.05) is 6.07 Å². The summed E-state index contributed by atoms with van der Waals surface area (Å²) < 4.78 is 13.2. The summed E-state index contributed by atoms with van der Waals surface area (Å²) in [4.78, 5) is 4.28. The molecular formula is C15H21N3O2. The van der Waals surface area contributed by atoms with Crippen LogP contribution in [-0.2, 0) is 13.2 Å². The van der Waals surface area contributed by atoms with E-state index in [0.29, 0.717) is 18.1 Å². The lowest BCUT2D eigenvalue weighted by atomic mass is 10.1. The molecule has 0 saturated carbocycles. The molecule has 2 rings (SSSR count). The lowest BCUT2D eigenvalue weighted by Gasteiger charge is -2.14. The molecule has 1 aromatic heterocycles. The molecule has 5 heteroatoms. The van der Waals surface area contributed by atoms with Crippen LogP contribution in [0.5, 0.6) is 11.5 Å². The molecular weight excluding hydrogens is 254 g/mol. The molecule has 2 N–H and O–H groups in total. The number of rotatable bonds is 6.